The molecule has 0 aromatic rings. The van der Waals surface area contributed by atoms with Crippen LogP contribution in [0.3, 0.4) is 0 Å². The molecule has 1 aliphatic heterocycles. The Morgan fingerprint density at radius 1 is 1.69 bits per heavy atom. The molecule has 0 radical (unpaired) electrons. The Labute approximate surface area is 77.0 Å². The molecular weight excluding hydrogens is 172 g/mol. The summed E-state index contributed by atoms with van der Waals surface area (Å²) in [5.41, 5.74) is 0. The van der Waals surface area contributed by atoms with Gasteiger partial charge < -0.3 is 15.0 Å². The van der Waals surface area contributed by atoms with Crippen molar-refractivity contribution in [3.63, 3.8) is 0 Å². The zero-order valence-corrected chi connectivity index (χ0v) is 7.66. The number of amides is 2. The smallest absolute Gasteiger partial charge is 0.409 e. The summed E-state index contributed by atoms with van der Waals surface area (Å²) >= 11 is 0. The highest BCUT2D eigenvalue weighted by molar-refractivity contribution is 5.67. The molecule has 1 N–H and O–H groups in total. The highest BCUT2D eigenvalue weighted by Crippen LogP contribution is 2.10. The third-order valence-electron chi connectivity index (χ3n) is 2.16. The first kappa shape index (κ1) is 9.83. The Morgan fingerprint density at radius 2 is 2.46 bits per heavy atom. The Kier molecular flexibility index (Phi) is 3.54. The Bertz CT molecular complexity index is 196. The van der Waals surface area contributed by atoms with Gasteiger partial charge in [-0.3, -0.25) is 4.79 Å². The summed E-state index contributed by atoms with van der Waals surface area (Å²) in [7, 11) is 1.36. The lowest BCUT2D eigenvalue weighted by Gasteiger charge is -2.31. The van der Waals surface area contributed by atoms with Gasteiger partial charge >= 0.3 is 6.09 Å². The molecule has 1 heterocycles. The number of rotatable bonds is 2. The van der Waals surface area contributed by atoms with Crippen molar-refractivity contribution in [3.8, 4) is 0 Å². The number of methoxy groups -OCH3 is 1. The van der Waals surface area contributed by atoms with E-state index in [1.54, 1.807) is 4.90 Å². The number of hydrogen-bond donors (Lipinski definition) is 1. The molecule has 2 amide bonds. The maximum Gasteiger partial charge on any atom is 0.409 e. The third-order valence-corrected chi connectivity index (χ3v) is 2.16. The average molecular weight is 186 g/mol. The average Bonchev–Trinajstić information content (AvgIpc) is 2.18. The van der Waals surface area contributed by atoms with Crippen LogP contribution in [0.2, 0.25) is 0 Å². The second-order valence-electron chi connectivity index (χ2n) is 3.04. The molecule has 1 atom stereocenters. The van der Waals surface area contributed by atoms with Crippen LogP contribution in [0.4, 0.5) is 4.79 Å². The lowest BCUT2D eigenvalue weighted by molar-refractivity contribution is -0.110. The Morgan fingerprint density at radius 3 is 3.08 bits per heavy atom. The Hall–Kier alpha value is -1.26. The van der Waals surface area contributed by atoms with Crippen LogP contribution in [-0.4, -0.2) is 43.6 Å². The molecule has 1 saturated heterocycles. The van der Waals surface area contributed by atoms with E-state index in [-0.39, 0.29) is 12.1 Å². The van der Waals surface area contributed by atoms with Crippen LogP contribution in [-0.2, 0) is 9.53 Å². The number of piperidine rings is 1. The molecule has 0 aliphatic carbocycles. The normalized spacial score (nSPS) is 22.2. The Balaban J connectivity index is 2.41. The molecule has 1 unspecified atom stereocenters. The molecule has 74 valence electrons. The van der Waals surface area contributed by atoms with Crippen molar-refractivity contribution in [3.05, 3.63) is 0 Å². The number of hydrogen-bond acceptors (Lipinski definition) is 3. The van der Waals surface area contributed by atoms with E-state index in [0.29, 0.717) is 19.5 Å². The molecule has 5 nitrogen and oxygen atoms in total. The number of ether oxygens (including phenoxy) is 1. The van der Waals surface area contributed by atoms with Crippen molar-refractivity contribution in [2.45, 2.75) is 18.9 Å². The second kappa shape index (κ2) is 4.69. The molecule has 0 aromatic carbocycles. The maximum absolute atomic E-state index is 11.1. The first-order valence-electron chi connectivity index (χ1n) is 4.30. The first-order chi connectivity index (χ1) is 6.27. The molecule has 0 spiro atoms. The van der Waals surface area contributed by atoms with Gasteiger partial charge in [-0.1, -0.05) is 0 Å². The zero-order chi connectivity index (χ0) is 9.68. The number of nitrogens with zero attached hydrogens (tertiary/aromatic N) is 1. The van der Waals surface area contributed by atoms with Crippen molar-refractivity contribution in [1.82, 2.24) is 10.2 Å². The number of likely N-dealkylation sites (tertiary alicyclic amines) is 1. The first-order valence-corrected chi connectivity index (χ1v) is 4.30. The lowest BCUT2D eigenvalue weighted by Crippen LogP contribution is -2.47. The van der Waals surface area contributed by atoms with Gasteiger partial charge in [-0.05, 0) is 12.8 Å². The molecule has 0 aromatic heterocycles. The van der Waals surface area contributed by atoms with E-state index in [1.807, 2.05) is 0 Å². The minimum absolute atomic E-state index is 0.0744. The summed E-state index contributed by atoms with van der Waals surface area (Å²) in [5.74, 6) is 0. The van der Waals surface area contributed by atoms with Gasteiger partial charge in [0.2, 0.25) is 6.41 Å². The van der Waals surface area contributed by atoms with Crippen LogP contribution in [0.1, 0.15) is 12.8 Å². The fourth-order valence-electron chi connectivity index (χ4n) is 1.50. The molecular formula is C8H14N2O3. The second-order valence-corrected chi connectivity index (χ2v) is 3.04. The van der Waals surface area contributed by atoms with Crippen molar-refractivity contribution in [2.24, 2.45) is 0 Å². The van der Waals surface area contributed by atoms with Gasteiger partial charge in [0.05, 0.1) is 7.11 Å². The van der Waals surface area contributed by atoms with Gasteiger partial charge in [0.25, 0.3) is 0 Å². The minimum atomic E-state index is -0.322. The van der Waals surface area contributed by atoms with Crippen LogP contribution in [0.15, 0.2) is 0 Å². The molecule has 1 fully saturated rings. The largest absolute Gasteiger partial charge is 0.453 e. The summed E-state index contributed by atoms with van der Waals surface area (Å²) in [4.78, 5) is 22.9. The van der Waals surface area contributed by atoms with Crippen LogP contribution < -0.4 is 5.32 Å². The molecule has 13 heavy (non-hydrogen) atoms. The standard InChI is InChI=1S/C8H14N2O3/c1-13-8(12)10-4-2-3-7(5-10)9-6-11/h6-7H,2-5H2,1H3,(H,9,11). The summed E-state index contributed by atoms with van der Waals surface area (Å²) < 4.78 is 4.59. The number of carbonyl (C=O) groups excluding carboxylic acids is 2. The summed E-state index contributed by atoms with van der Waals surface area (Å²) in [6, 6.07) is 0.0744. The fourth-order valence-corrected chi connectivity index (χ4v) is 1.50. The monoisotopic (exact) mass is 186 g/mol. The molecule has 5 heteroatoms. The number of carbonyl (C=O) groups is 2. The van der Waals surface area contributed by atoms with Crippen molar-refractivity contribution in [2.75, 3.05) is 20.2 Å². The van der Waals surface area contributed by atoms with Gasteiger partial charge in [0, 0.05) is 19.1 Å². The predicted molar refractivity (Wildman–Crippen MR) is 46.2 cm³/mol. The van der Waals surface area contributed by atoms with E-state index in [1.165, 1.54) is 7.11 Å². The quantitative estimate of drug-likeness (QED) is 0.616. The van der Waals surface area contributed by atoms with Crippen LogP contribution >= 0.6 is 0 Å². The van der Waals surface area contributed by atoms with Crippen molar-refractivity contribution in [1.29, 1.82) is 0 Å². The van der Waals surface area contributed by atoms with Gasteiger partial charge in [0.1, 0.15) is 0 Å². The van der Waals surface area contributed by atoms with E-state index < -0.39 is 0 Å². The predicted octanol–water partition coefficient (Wildman–Crippen LogP) is -0.0368. The van der Waals surface area contributed by atoms with Crippen LogP contribution in [0.5, 0.6) is 0 Å². The molecule has 0 bridgehead atoms. The van der Waals surface area contributed by atoms with E-state index >= 15 is 0 Å². The maximum atomic E-state index is 11.1. The topological polar surface area (TPSA) is 58.6 Å². The number of nitrogens with one attached hydrogen (secondary N) is 1. The van der Waals surface area contributed by atoms with E-state index in [2.05, 4.69) is 10.1 Å². The van der Waals surface area contributed by atoms with Crippen molar-refractivity contribution >= 4 is 12.5 Å². The van der Waals surface area contributed by atoms with Crippen LogP contribution in [0, 0.1) is 0 Å². The summed E-state index contributed by atoms with van der Waals surface area (Å²) in [6.45, 7) is 1.26. The highest BCUT2D eigenvalue weighted by atomic mass is 16.5. The SMILES string of the molecule is COC(=O)N1CCCC(NC=O)C1. The van der Waals surface area contributed by atoms with Gasteiger partial charge in [0.15, 0.2) is 0 Å². The van der Waals surface area contributed by atoms with Crippen molar-refractivity contribution < 1.29 is 14.3 Å². The molecule has 1 rings (SSSR count). The highest BCUT2D eigenvalue weighted by Gasteiger charge is 2.23. The van der Waals surface area contributed by atoms with Gasteiger partial charge in [-0.2, -0.15) is 0 Å². The van der Waals surface area contributed by atoms with E-state index in [4.69, 9.17) is 0 Å². The minimum Gasteiger partial charge on any atom is -0.453 e. The molecule has 1 aliphatic rings. The van der Waals surface area contributed by atoms with E-state index in [9.17, 15) is 9.59 Å². The molecule has 0 saturated carbocycles. The summed E-state index contributed by atoms with van der Waals surface area (Å²) in [5, 5.41) is 2.66. The summed E-state index contributed by atoms with van der Waals surface area (Å²) in [6.07, 6.45) is 2.18. The van der Waals surface area contributed by atoms with Crippen LogP contribution in [0.25, 0.3) is 0 Å². The van der Waals surface area contributed by atoms with Gasteiger partial charge in [-0.15, -0.1) is 0 Å². The third kappa shape index (κ3) is 2.61. The zero-order valence-electron chi connectivity index (χ0n) is 7.66. The van der Waals surface area contributed by atoms with E-state index in [0.717, 1.165) is 12.8 Å². The lowest BCUT2D eigenvalue weighted by atomic mass is 10.1. The van der Waals surface area contributed by atoms with Gasteiger partial charge in [-0.25, -0.2) is 4.79 Å². The fraction of sp³-hybridized carbons (Fsp3) is 0.750.